The van der Waals surface area contributed by atoms with Crippen LogP contribution in [0.25, 0.3) is 11.3 Å². The minimum atomic E-state index is -0.485. The van der Waals surface area contributed by atoms with E-state index < -0.39 is 5.56 Å². The Hall–Kier alpha value is -2.43. The van der Waals surface area contributed by atoms with Crippen molar-refractivity contribution in [3.63, 3.8) is 0 Å². The third kappa shape index (κ3) is 2.15. The van der Waals surface area contributed by atoms with Crippen molar-refractivity contribution < 1.29 is 9.53 Å². The predicted molar refractivity (Wildman–Crippen MR) is 66.9 cm³/mol. The maximum Gasteiger partial charge on any atom is 0.275 e. The molecule has 0 bridgehead atoms. The zero-order chi connectivity index (χ0) is 13.1. The van der Waals surface area contributed by atoms with Crippen LogP contribution in [0.2, 0.25) is 0 Å². The van der Waals surface area contributed by atoms with E-state index in [-0.39, 0.29) is 11.3 Å². The number of aromatic amines is 1. The molecule has 0 spiro atoms. The number of aromatic nitrogens is 2. The number of ether oxygens (including phenoxy) is 1. The van der Waals surface area contributed by atoms with Gasteiger partial charge in [0.2, 0.25) is 0 Å². The number of hydrogen-bond acceptors (Lipinski definition) is 4. The number of rotatable bonds is 3. The predicted octanol–water partition coefficient (Wildman–Crippen LogP) is 1.65. The Labute approximate surface area is 103 Å². The largest absolute Gasteiger partial charge is 0.496 e. The first-order chi connectivity index (χ1) is 8.63. The summed E-state index contributed by atoms with van der Waals surface area (Å²) in [5, 5.41) is 6.25. The standard InChI is InChI=1S/C13H12N2O3/c1-8(16)10-7-11(14-15-13(10)17)9-5-3-4-6-12(9)18-2/h3-7H,1-2H3,(H,15,17). The number of para-hydroxylation sites is 1. The third-order valence-electron chi connectivity index (χ3n) is 2.57. The fourth-order valence-electron chi connectivity index (χ4n) is 1.66. The lowest BCUT2D eigenvalue weighted by Crippen LogP contribution is -2.17. The lowest BCUT2D eigenvalue weighted by atomic mass is 10.1. The van der Waals surface area contributed by atoms with Crippen LogP contribution < -0.4 is 10.3 Å². The lowest BCUT2D eigenvalue weighted by Gasteiger charge is -2.07. The summed E-state index contributed by atoms with van der Waals surface area (Å²) in [4.78, 5) is 22.8. The van der Waals surface area contributed by atoms with E-state index in [9.17, 15) is 9.59 Å². The zero-order valence-corrected chi connectivity index (χ0v) is 10.1. The average Bonchev–Trinajstić information content (AvgIpc) is 2.39. The first-order valence-electron chi connectivity index (χ1n) is 5.37. The zero-order valence-electron chi connectivity index (χ0n) is 10.1. The van der Waals surface area contributed by atoms with Gasteiger partial charge in [0.1, 0.15) is 5.75 Å². The van der Waals surface area contributed by atoms with Gasteiger partial charge in [0.15, 0.2) is 5.78 Å². The molecule has 0 atom stereocenters. The monoisotopic (exact) mass is 244 g/mol. The number of methoxy groups -OCH3 is 1. The Morgan fingerprint density at radius 1 is 1.33 bits per heavy atom. The highest BCUT2D eigenvalue weighted by Crippen LogP contribution is 2.27. The topological polar surface area (TPSA) is 72.1 Å². The highest BCUT2D eigenvalue weighted by Gasteiger charge is 2.11. The SMILES string of the molecule is COc1ccccc1-c1cc(C(C)=O)c(=O)[nH]n1. The Kier molecular flexibility index (Phi) is 3.23. The molecule has 0 aliphatic carbocycles. The number of nitrogens with one attached hydrogen (secondary N) is 1. The van der Waals surface area contributed by atoms with Crippen molar-refractivity contribution in [3.8, 4) is 17.0 Å². The number of carbonyl (C=O) groups is 1. The Bertz CT molecular complexity index is 647. The smallest absolute Gasteiger partial charge is 0.275 e. The summed E-state index contributed by atoms with van der Waals surface area (Å²) in [6.07, 6.45) is 0. The van der Waals surface area contributed by atoms with Crippen molar-refractivity contribution in [2.75, 3.05) is 7.11 Å². The second kappa shape index (κ2) is 4.83. The fraction of sp³-hybridized carbons (Fsp3) is 0.154. The summed E-state index contributed by atoms with van der Waals surface area (Å²) in [5.74, 6) is 0.335. The summed E-state index contributed by atoms with van der Waals surface area (Å²) in [7, 11) is 1.55. The molecular formula is C13H12N2O3. The molecule has 0 amide bonds. The molecule has 18 heavy (non-hydrogen) atoms. The molecule has 0 aliphatic heterocycles. The van der Waals surface area contributed by atoms with Gasteiger partial charge in [0, 0.05) is 5.56 Å². The summed E-state index contributed by atoms with van der Waals surface area (Å²) >= 11 is 0. The van der Waals surface area contributed by atoms with Crippen LogP contribution in [0.3, 0.4) is 0 Å². The third-order valence-corrected chi connectivity index (χ3v) is 2.57. The van der Waals surface area contributed by atoms with Gasteiger partial charge in [-0.2, -0.15) is 5.10 Å². The molecule has 0 radical (unpaired) electrons. The number of hydrogen-bond donors (Lipinski definition) is 1. The number of carbonyl (C=O) groups excluding carboxylic acids is 1. The van der Waals surface area contributed by atoms with Gasteiger partial charge in [-0.3, -0.25) is 9.59 Å². The normalized spacial score (nSPS) is 10.1. The summed E-state index contributed by atoms with van der Waals surface area (Å²) in [6.45, 7) is 1.34. The van der Waals surface area contributed by atoms with E-state index in [1.54, 1.807) is 13.2 Å². The maximum absolute atomic E-state index is 11.4. The van der Waals surface area contributed by atoms with Gasteiger partial charge < -0.3 is 4.74 Å². The van der Waals surface area contributed by atoms with Crippen molar-refractivity contribution in [2.45, 2.75) is 6.92 Å². The lowest BCUT2D eigenvalue weighted by molar-refractivity contribution is 0.101. The van der Waals surface area contributed by atoms with E-state index in [1.807, 2.05) is 18.2 Å². The number of H-pyrrole nitrogens is 1. The quantitative estimate of drug-likeness (QED) is 0.833. The minimum absolute atomic E-state index is 0.0888. The molecule has 0 saturated carbocycles. The van der Waals surface area contributed by atoms with Crippen LogP contribution in [0.15, 0.2) is 35.1 Å². The average molecular weight is 244 g/mol. The summed E-state index contributed by atoms with van der Waals surface area (Å²) < 4.78 is 5.21. The molecule has 0 unspecified atom stereocenters. The molecule has 0 saturated heterocycles. The molecule has 1 heterocycles. The molecule has 2 rings (SSSR count). The van der Waals surface area contributed by atoms with E-state index in [1.165, 1.54) is 13.0 Å². The first kappa shape index (κ1) is 12.0. The van der Waals surface area contributed by atoms with E-state index in [0.29, 0.717) is 11.4 Å². The number of Topliss-reactive ketones (excluding diaryl/α,β-unsaturated/α-hetero) is 1. The summed E-state index contributed by atoms with van der Waals surface area (Å²) in [6, 6.07) is 8.73. The van der Waals surface area contributed by atoms with Crippen molar-refractivity contribution in [1.82, 2.24) is 10.2 Å². The first-order valence-corrected chi connectivity index (χ1v) is 5.37. The van der Waals surface area contributed by atoms with Crippen LogP contribution in [0, 0.1) is 0 Å². The molecule has 5 nitrogen and oxygen atoms in total. The molecule has 1 aromatic heterocycles. The van der Waals surface area contributed by atoms with Gasteiger partial charge in [-0.1, -0.05) is 12.1 Å². The number of nitrogens with zero attached hydrogens (tertiary/aromatic N) is 1. The Balaban J connectivity index is 2.61. The molecule has 1 N–H and O–H groups in total. The van der Waals surface area contributed by atoms with E-state index in [2.05, 4.69) is 10.2 Å². The van der Waals surface area contributed by atoms with Gasteiger partial charge in [0.05, 0.1) is 18.4 Å². The molecular weight excluding hydrogens is 232 g/mol. The van der Waals surface area contributed by atoms with Crippen molar-refractivity contribution in [3.05, 3.63) is 46.2 Å². The van der Waals surface area contributed by atoms with Crippen LogP contribution in [-0.2, 0) is 0 Å². The maximum atomic E-state index is 11.4. The molecule has 5 heteroatoms. The van der Waals surface area contributed by atoms with Crippen molar-refractivity contribution in [1.29, 1.82) is 0 Å². The number of ketones is 1. The highest BCUT2D eigenvalue weighted by molar-refractivity contribution is 5.94. The molecule has 1 aromatic carbocycles. The Morgan fingerprint density at radius 3 is 2.72 bits per heavy atom. The van der Waals surface area contributed by atoms with Gasteiger partial charge in [-0.25, -0.2) is 5.10 Å². The van der Waals surface area contributed by atoms with E-state index in [4.69, 9.17) is 4.74 Å². The fourth-order valence-corrected chi connectivity index (χ4v) is 1.66. The number of benzene rings is 1. The van der Waals surface area contributed by atoms with Crippen LogP contribution in [0.1, 0.15) is 17.3 Å². The van der Waals surface area contributed by atoms with Gasteiger partial charge in [-0.05, 0) is 25.1 Å². The van der Waals surface area contributed by atoms with Crippen molar-refractivity contribution >= 4 is 5.78 Å². The van der Waals surface area contributed by atoms with E-state index in [0.717, 1.165) is 5.56 Å². The van der Waals surface area contributed by atoms with Crippen LogP contribution in [0.5, 0.6) is 5.75 Å². The minimum Gasteiger partial charge on any atom is -0.496 e. The second-order valence-corrected chi connectivity index (χ2v) is 3.75. The van der Waals surface area contributed by atoms with Crippen molar-refractivity contribution in [2.24, 2.45) is 0 Å². The van der Waals surface area contributed by atoms with Crippen LogP contribution in [-0.4, -0.2) is 23.1 Å². The van der Waals surface area contributed by atoms with Gasteiger partial charge in [-0.15, -0.1) is 0 Å². The van der Waals surface area contributed by atoms with E-state index >= 15 is 0 Å². The molecule has 2 aromatic rings. The Morgan fingerprint density at radius 2 is 2.06 bits per heavy atom. The van der Waals surface area contributed by atoms with Gasteiger partial charge >= 0.3 is 0 Å². The molecule has 0 aliphatic rings. The summed E-state index contributed by atoms with van der Waals surface area (Å²) in [5.41, 5.74) is 0.822. The molecule has 0 fully saturated rings. The second-order valence-electron chi connectivity index (χ2n) is 3.75. The highest BCUT2D eigenvalue weighted by atomic mass is 16.5. The van der Waals surface area contributed by atoms with Crippen LogP contribution in [0.4, 0.5) is 0 Å². The van der Waals surface area contributed by atoms with Gasteiger partial charge in [0.25, 0.3) is 5.56 Å². The molecule has 92 valence electrons. The van der Waals surface area contributed by atoms with Crippen LogP contribution >= 0.6 is 0 Å².